The fraction of sp³-hybridized carbons (Fsp3) is 0.417. The lowest BCUT2D eigenvalue weighted by Crippen LogP contribution is -2.26. The maximum atomic E-state index is 11.8. The molecule has 1 aromatic carbocycles. The highest BCUT2D eigenvalue weighted by atomic mass is 32.2. The third-order valence-electron chi connectivity index (χ3n) is 5.38. The molecule has 6 nitrogen and oxygen atoms in total. The lowest BCUT2D eigenvalue weighted by Gasteiger charge is -2.24. The van der Waals surface area contributed by atoms with Crippen molar-refractivity contribution >= 4 is 34.8 Å². The summed E-state index contributed by atoms with van der Waals surface area (Å²) < 4.78 is 0. The van der Waals surface area contributed by atoms with E-state index in [0.717, 1.165) is 66.2 Å². The Bertz CT molecular complexity index is 960. The van der Waals surface area contributed by atoms with Gasteiger partial charge in [0.05, 0.1) is 23.0 Å². The highest BCUT2D eigenvalue weighted by Gasteiger charge is 2.24. The molecule has 1 aromatic heterocycles. The van der Waals surface area contributed by atoms with Crippen LogP contribution < -0.4 is 10.2 Å². The van der Waals surface area contributed by atoms with Crippen molar-refractivity contribution in [1.82, 2.24) is 15.3 Å². The topological polar surface area (TPSA) is 75.2 Å². The van der Waals surface area contributed by atoms with Crippen LogP contribution in [0.3, 0.4) is 0 Å². The Labute approximate surface area is 188 Å². The van der Waals surface area contributed by atoms with Gasteiger partial charge in [-0.25, -0.2) is 4.98 Å². The van der Waals surface area contributed by atoms with Crippen LogP contribution in [0.15, 0.2) is 41.6 Å². The zero-order valence-corrected chi connectivity index (χ0v) is 19.2. The van der Waals surface area contributed by atoms with Crippen LogP contribution in [0.25, 0.3) is 17.3 Å². The molecule has 7 heteroatoms. The number of aromatic nitrogens is 2. The standard InChI is InChI=1S/C24H30N4O2S/c1-4-11-28(12-7-8-17(3)5-2)22-16-25-15-20(26-22)19-10-6-9-18(13-19)14-21-23(29)27-24(30)31-21/h6,9-10,13-17H,4-5,7-8,11-12H2,1-3H3,(H,27,29,30)/b21-14-. The van der Waals surface area contributed by atoms with Crippen LogP contribution in [0.5, 0.6) is 0 Å². The Morgan fingerprint density at radius 2 is 2.03 bits per heavy atom. The monoisotopic (exact) mass is 438 g/mol. The Morgan fingerprint density at radius 3 is 2.74 bits per heavy atom. The number of benzene rings is 1. The highest BCUT2D eigenvalue weighted by molar-refractivity contribution is 8.18. The first-order valence-electron chi connectivity index (χ1n) is 10.9. The Kier molecular flexibility index (Phi) is 8.23. The fourth-order valence-electron chi connectivity index (χ4n) is 3.45. The number of carbonyl (C=O) groups excluding carboxylic acids is 2. The first-order valence-corrected chi connectivity index (χ1v) is 11.7. The predicted molar refractivity (Wildman–Crippen MR) is 128 cm³/mol. The van der Waals surface area contributed by atoms with E-state index in [0.29, 0.717) is 4.91 Å². The summed E-state index contributed by atoms with van der Waals surface area (Å²) in [6.45, 7) is 8.64. The number of anilines is 1. The zero-order valence-electron chi connectivity index (χ0n) is 18.4. The first-order chi connectivity index (χ1) is 15.0. The molecule has 0 aliphatic carbocycles. The first kappa shape index (κ1) is 23.0. The molecule has 0 spiro atoms. The zero-order chi connectivity index (χ0) is 22.2. The number of nitrogens with zero attached hydrogens (tertiary/aromatic N) is 3. The Morgan fingerprint density at radius 1 is 1.19 bits per heavy atom. The van der Waals surface area contributed by atoms with Gasteiger partial charge in [0.1, 0.15) is 5.82 Å². The van der Waals surface area contributed by atoms with E-state index in [-0.39, 0.29) is 11.1 Å². The maximum Gasteiger partial charge on any atom is 0.290 e. The van der Waals surface area contributed by atoms with Gasteiger partial charge < -0.3 is 4.90 Å². The maximum absolute atomic E-state index is 11.8. The van der Waals surface area contributed by atoms with Crippen molar-refractivity contribution < 1.29 is 9.59 Å². The molecule has 0 saturated carbocycles. The number of nitrogens with one attached hydrogen (secondary N) is 1. The van der Waals surface area contributed by atoms with Crippen LogP contribution in [-0.4, -0.2) is 34.2 Å². The van der Waals surface area contributed by atoms with Gasteiger partial charge in [-0.2, -0.15) is 0 Å². The number of thioether (sulfide) groups is 1. The van der Waals surface area contributed by atoms with Gasteiger partial charge >= 0.3 is 0 Å². The summed E-state index contributed by atoms with van der Waals surface area (Å²) in [5.41, 5.74) is 2.56. The Balaban J connectivity index is 1.79. The summed E-state index contributed by atoms with van der Waals surface area (Å²) in [7, 11) is 0. The van der Waals surface area contributed by atoms with Crippen molar-refractivity contribution in [2.45, 2.75) is 46.5 Å². The molecule has 31 heavy (non-hydrogen) atoms. The second-order valence-electron chi connectivity index (χ2n) is 7.88. The van der Waals surface area contributed by atoms with E-state index in [2.05, 4.69) is 36.0 Å². The third kappa shape index (κ3) is 6.40. The van der Waals surface area contributed by atoms with E-state index >= 15 is 0 Å². The summed E-state index contributed by atoms with van der Waals surface area (Å²) in [6, 6.07) is 7.77. The molecule has 0 bridgehead atoms. The normalized spacial score (nSPS) is 15.9. The molecule has 1 unspecified atom stereocenters. The van der Waals surface area contributed by atoms with Gasteiger partial charge in [0, 0.05) is 18.7 Å². The molecule has 164 valence electrons. The van der Waals surface area contributed by atoms with Crippen molar-refractivity contribution in [3.63, 3.8) is 0 Å². The molecule has 1 N–H and O–H groups in total. The minimum Gasteiger partial charge on any atom is -0.355 e. The van der Waals surface area contributed by atoms with Gasteiger partial charge in [-0.05, 0) is 54.6 Å². The number of imide groups is 1. The van der Waals surface area contributed by atoms with Crippen molar-refractivity contribution in [1.29, 1.82) is 0 Å². The molecule has 1 fully saturated rings. The van der Waals surface area contributed by atoms with E-state index in [1.165, 1.54) is 12.8 Å². The van der Waals surface area contributed by atoms with Crippen LogP contribution in [0, 0.1) is 5.92 Å². The summed E-state index contributed by atoms with van der Waals surface area (Å²) in [6.07, 6.45) is 9.95. The molecular formula is C24H30N4O2S. The molecule has 0 radical (unpaired) electrons. The van der Waals surface area contributed by atoms with E-state index < -0.39 is 0 Å². The average Bonchev–Trinajstić information content (AvgIpc) is 3.09. The van der Waals surface area contributed by atoms with Gasteiger partial charge in [-0.1, -0.05) is 45.4 Å². The lowest BCUT2D eigenvalue weighted by molar-refractivity contribution is -0.115. The molecule has 2 heterocycles. The molecule has 1 aliphatic heterocycles. The van der Waals surface area contributed by atoms with Gasteiger partial charge in [-0.15, -0.1) is 0 Å². The molecule has 3 rings (SSSR count). The number of carbonyl (C=O) groups is 2. The van der Waals surface area contributed by atoms with Gasteiger partial charge in [0.2, 0.25) is 0 Å². The van der Waals surface area contributed by atoms with E-state index in [1.807, 2.05) is 30.5 Å². The molecule has 2 amide bonds. The van der Waals surface area contributed by atoms with Gasteiger partial charge in [-0.3, -0.25) is 19.9 Å². The largest absolute Gasteiger partial charge is 0.355 e. The van der Waals surface area contributed by atoms with Gasteiger partial charge in [0.15, 0.2) is 0 Å². The molecule has 1 saturated heterocycles. The summed E-state index contributed by atoms with van der Waals surface area (Å²) in [5.74, 6) is 1.28. The van der Waals surface area contributed by atoms with Crippen LogP contribution in [0.2, 0.25) is 0 Å². The molecular weight excluding hydrogens is 408 g/mol. The minimum absolute atomic E-state index is 0.338. The van der Waals surface area contributed by atoms with E-state index in [9.17, 15) is 9.59 Å². The predicted octanol–water partition coefficient (Wildman–Crippen LogP) is 5.51. The molecule has 2 aromatic rings. The second-order valence-corrected chi connectivity index (χ2v) is 8.90. The fourth-order valence-corrected chi connectivity index (χ4v) is 4.14. The van der Waals surface area contributed by atoms with Crippen LogP contribution in [0.1, 0.15) is 52.0 Å². The lowest BCUT2D eigenvalue weighted by atomic mass is 10.0. The third-order valence-corrected chi connectivity index (χ3v) is 6.19. The quantitative estimate of drug-likeness (QED) is 0.493. The highest BCUT2D eigenvalue weighted by Crippen LogP contribution is 2.27. The van der Waals surface area contributed by atoms with Crippen molar-refractivity contribution in [3.05, 3.63) is 47.1 Å². The van der Waals surface area contributed by atoms with Crippen LogP contribution in [0.4, 0.5) is 10.6 Å². The Hall–Kier alpha value is -2.67. The molecule has 1 aliphatic rings. The smallest absolute Gasteiger partial charge is 0.290 e. The summed E-state index contributed by atoms with van der Waals surface area (Å²) >= 11 is 0.920. The molecule has 1 atom stereocenters. The number of rotatable bonds is 10. The van der Waals surface area contributed by atoms with Crippen LogP contribution >= 0.6 is 11.8 Å². The van der Waals surface area contributed by atoms with Crippen molar-refractivity contribution in [3.8, 4) is 11.3 Å². The minimum atomic E-state index is -0.352. The second kappa shape index (κ2) is 11.1. The summed E-state index contributed by atoms with van der Waals surface area (Å²) in [5, 5.41) is 1.94. The SMILES string of the molecule is CCCN(CCCC(C)CC)c1cncc(-c2cccc(/C=C3\SC(=O)NC3=O)c2)n1. The van der Waals surface area contributed by atoms with Crippen molar-refractivity contribution in [2.75, 3.05) is 18.0 Å². The number of hydrogen-bond donors (Lipinski definition) is 1. The van der Waals surface area contributed by atoms with Gasteiger partial charge in [0.25, 0.3) is 11.1 Å². The van der Waals surface area contributed by atoms with Crippen LogP contribution in [-0.2, 0) is 4.79 Å². The number of amides is 2. The number of hydrogen-bond acceptors (Lipinski definition) is 6. The average molecular weight is 439 g/mol. The summed E-state index contributed by atoms with van der Waals surface area (Å²) in [4.78, 5) is 35.3. The van der Waals surface area contributed by atoms with E-state index in [1.54, 1.807) is 12.3 Å². The van der Waals surface area contributed by atoms with Crippen molar-refractivity contribution in [2.24, 2.45) is 5.92 Å². The van der Waals surface area contributed by atoms with E-state index in [4.69, 9.17) is 4.98 Å².